The zero-order chi connectivity index (χ0) is 25.8. The number of alkyl halides is 6. The molecule has 1 amide bonds. The van der Waals surface area contributed by atoms with Crippen LogP contribution >= 0.6 is 0 Å². The van der Waals surface area contributed by atoms with Crippen molar-refractivity contribution in [1.29, 1.82) is 0 Å². The number of fused-ring (bicyclic) bond motifs is 1. The van der Waals surface area contributed by atoms with Crippen LogP contribution in [0.15, 0.2) is 60.7 Å². The fourth-order valence-corrected chi connectivity index (χ4v) is 4.18. The highest BCUT2D eigenvalue weighted by Gasteiger charge is 2.52. The number of nitrogens with one attached hydrogen (secondary N) is 1. The third-order valence-corrected chi connectivity index (χ3v) is 5.59. The minimum atomic E-state index is -5.01. The second kappa shape index (κ2) is 8.27. The number of carbonyl (C=O) groups excluding carboxylic acids is 1. The summed E-state index contributed by atoms with van der Waals surface area (Å²) in [6.45, 7) is 0. The lowest BCUT2D eigenvalue weighted by Gasteiger charge is -2.29. The van der Waals surface area contributed by atoms with Crippen molar-refractivity contribution in [3.8, 4) is 5.75 Å². The standard InChI is InChI=1S/C22H13BF7NO4/c24-17-10-12(6-9-16(17)23(33)34)20(11-4-7-13(8-5-11)35-22(28,29)30)14-2-1-3-15(21(25,26)27)18(14)31-19(20)32/h1-10,33-34H,(H,31,32)/t20-/m0/s1. The Morgan fingerprint density at radius 1 is 0.886 bits per heavy atom. The van der Waals surface area contributed by atoms with Gasteiger partial charge in [-0.2, -0.15) is 13.2 Å². The molecule has 1 aliphatic heterocycles. The summed E-state index contributed by atoms with van der Waals surface area (Å²) in [7, 11) is -2.21. The van der Waals surface area contributed by atoms with Crippen LogP contribution in [0.1, 0.15) is 22.3 Å². The Balaban J connectivity index is 1.99. The van der Waals surface area contributed by atoms with Crippen molar-refractivity contribution in [3.05, 3.63) is 88.7 Å². The summed E-state index contributed by atoms with van der Waals surface area (Å²) in [5, 5.41) is 20.8. The van der Waals surface area contributed by atoms with Crippen molar-refractivity contribution >= 4 is 24.2 Å². The molecule has 13 heteroatoms. The molecule has 0 unspecified atom stereocenters. The lowest BCUT2D eigenvalue weighted by atomic mass is 9.68. The number of hydrogen-bond donors (Lipinski definition) is 3. The third-order valence-electron chi connectivity index (χ3n) is 5.59. The van der Waals surface area contributed by atoms with Crippen LogP contribution in [-0.4, -0.2) is 29.4 Å². The van der Waals surface area contributed by atoms with E-state index in [2.05, 4.69) is 10.1 Å². The first-order chi connectivity index (χ1) is 16.2. The summed E-state index contributed by atoms with van der Waals surface area (Å²) in [6, 6.07) is 9.62. The quantitative estimate of drug-likeness (QED) is 0.378. The maximum absolute atomic E-state index is 14.7. The molecule has 1 heterocycles. The predicted octanol–water partition coefficient (Wildman–Crippen LogP) is 3.71. The molecule has 0 bridgehead atoms. The fourth-order valence-electron chi connectivity index (χ4n) is 4.18. The first-order valence-electron chi connectivity index (χ1n) is 9.79. The molecule has 3 N–H and O–H groups in total. The molecule has 0 saturated carbocycles. The number of hydrogen-bond acceptors (Lipinski definition) is 4. The van der Waals surface area contributed by atoms with Crippen LogP contribution in [0.25, 0.3) is 0 Å². The highest BCUT2D eigenvalue weighted by Crippen LogP contribution is 2.51. The molecule has 0 aromatic heterocycles. The number of amides is 1. The maximum atomic E-state index is 14.7. The Hall–Kier alpha value is -3.58. The normalized spacial score (nSPS) is 17.7. The summed E-state index contributed by atoms with van der Waals surface area (Å²) in [5.41, 5.74) is -4.94. The summed E-state index contributed by atoms with van der Waals surface area (Å²) in [5.74, 6) is -2.84. The average Bonchev–Trinajstić information content (AvgIpc) is 3.04. The van der Waals surface area contributed by atoms with E-state index >= 15 is 0 Å². The number of carbonyl (C=O) groups is 1. The third kappa shape index (κ3) is 4.21. The molecular weight excluding hydrogens is 486 g/mol. The number of ether oxygens (including phenoxy) is 1. The minimum Gasteiger partial charge on any atom is -0.423 e. The van der Waals surface area contributed by atoms with E-state index in [4.69, 9.17) is 0 Å². The van der Waals surface area contributed by atoms with E-state index in [1.165, 1.54) is 6.07 Å². The number of benzene rings is 3. The number of rotatable bonds is 4. The van der Waals surface area contributed by atoms with Gasteiger partial charge in [0.1, 0.15) is 17.0 Å². The van der Waals surface area contributed by atoms with Gasteiger partial charge >= 0.3 is 19.7 Å². The van der Waals surface area contributed by atoms with Gasteiger partial charge in [0, 0.05) is 11.0 Å². The van der Waals surface area contributed by atoms with Gasteiger partial charge in [-0.05, 0) is 35.4 Å². The molecule has 4 rings (SSSR count). The molecule has 1 atom stereocenters. The zero-order valence-electron chi connectivity index (χ0n) is 17.2. The van der Waals surface area contributed by atoms with Crippen LogP contribution < -0.4 is 15.5 Å². The van der Waals surface area contributed by atoms with Gasteiger partial charge in [0.05, 0.1) is 11.3 Å². The van der Waals surface area contributed by atoms with Crippen LogP contribution in [-0.2, 0) is 16.4 Å². The van der Waals surface area contributed by atoms with Crippen molar-refractivity contribution in [2.45, 2.75) is 18.0 Å². The van der Waals surface area contributed by atoms with Gasteiger partial charge in [0.25, 0.3) is 0 Å². The maximum Gasteiger partial charge on any atom is 0.573 e. The van der Waals surface area contributed by atoms with Gasteiger partial charge in [-0.25, -0.2) is 4.39 Å². The van der Waals surface area contributed by atoms with Gasteiger partial charge < -0.3 is 20.1 Å². The largest absolute Gasteiger partial charge is 0.573 e. The summed E-state index contributed by atoms with van der Waals surface area (Å²) < 4.78 is 97.2. The molecule has 0 saturated heterocycles. The van der Waals surface area contributed by atoms with Gasteiger partial charge in [0.2, 0.25) is 5.91 Å². The summed E-state index contributed by atoms with van der Waals surface area (Å²) in [6.07, 6.45) is -9.88. The van der Waals surface area contributed by atoms with Crippen molar-refractivity contribution < 1.29 is 50.3 Å². The van der Waals surface area contributed by atoms with Crippen molar-refractivity contribution in [1.82, 2.24) is 0 Å². The molecule has 0 aliphatic carbocycles. The Labute approximate surface area is 192 Å². The van der Waals surface area contributed by atoms with Crippen LogP contribution in [0, 0.1) is 5.82 Å². The highest BCUT2D eigenvalue weighted by molar-refractivity contribution is 6.58. The van der Waals surface area contributed by atoms with Gasteiger partial charge in [0.15, 0.2) is 0 Å². The highest BCUT2D eigenvalue weighted by atomic mass is 19.4. The first-order valence-corrected chi connectivity index (χ1v) is 9.79. The molecule has 5 nitrogen and oxygen atoms in total. The van der Waals surface area contributed by atoms with Gasteiger partial charge in [-0.3, -0.25) is 4.79 Å². The van der Waals surface area contributed by atoms with E-state index < -0.39 is 59.3 Å². The first kappa shape index (κ1) is 24.5. The van der Waals surface area contributed by atoms with E-state index in [0.717, 1.165) is 54.6 Å². The SMILES string of the molecule is O=C1Nc2c(C(F)(F)F)cccc2[C@]1(c1ccc(OC(F)(F)F)cc1)c1ccc(B(O)O)c(F)c1. The predicted molar refractivity (Wildman–Crippen MR) is 109 cm³/mol. The average molecular weight is 499 g/mol. The van der Waals surface area contributed by atoms with E-state index in [0.29, 0.717) is 0 Å². The Morgan fingerprint density at radius 2 is 1.51 bits per heavy atom. The van der Waals surface area contributed by atoms with Crippen molar-refractivity contribution in [3.63, 3.8) is 0 Å². The van der Waals surface area contributed by atoms with Crippen LogP contribution in [0.3, 0.4) is 0 Å². The van der Waals surface area contributed by atoms with Crippen LogP contribution in [0.2, 0.25) is 0 Å². The van der Waals surface area contributed by atoms with Gasteiger partial charge in [-0.15, -0.1) is 13.2 Å². The van der Waals surface area contributed by atoms with E-state index in [-0.39, 0.29) is 16.7 Å². The Bertz CT molecular complexity index is 1290. The van der Waals surface area contributed by atoms with Gasteiger partial charge in [-0.1, -0.05) is 36.4 Å². The number of halogens is 7. The number of anilines is 1. The second-order valence-electron chi connectivity index (χ2n) is 7.61. The smallest absolute Gasteiger partial charge is 0.423 e. The van der Waals surface area contributed by atoms with Crippen molar-refractivity contribution in [2.24, 2.45) is 0 Å². The van der Waals surface area contributed by atoms with E-state index in [1.54, 1.807) is 0 Å². The van der Waals surface area contributed by atoms with E-state index in [9.17, 15) is 45.6 Å². The molecule has 3 aromatic rings. The molecule has 3 aromatic carbocycles. The fraction of sp³-hybridized carbons (Fsp3) is 0.136. The van der Waals surface area contributed by atoms with Crippen LogP contribution in [0.4, 0.5) is 36.4 Å². The van der Waals surface area contributed by atoms with Crippen LogP contribution in [0.5, 0.6) is 5.75 Å². The molecule has 1 aliphatic rings. The summed E-state index contributed by atoms with van der Waals surface area (Å²) >= 11 is 0. The van der Waals surface area contributed by atoms with E-state index in [1.807, 2.05) is 0 Å². The monoisotopic (exact) mass is 499 g/mol. The molecule has 0 spiro atoms. The zero-order valence-corrected chi connectivity index (χ0v) is 17.2. The number of para-hydroxylation sites is 1. The Kier molecular flexibility index (Phi) is 5.80. The van der Waals surface area contributed by atoms with Crippen molar-refractivity contribution in [2.75, 3.05) is 5.32 Å². The molecule has 0 radical (unpaired) electrons. The molecule has 35 heavy (non-hydrogen) atoms. The Morgan fingerprint density at radius 3 is 2.06 bits per heavy atom. The molecule has 0 fully saturated rings. The lowest BCUT2D eigenvalue weighted by Crippen LogP contribution is -2.39. The lowest BCUT2D eigenvalue weighted by molar-refractivity contribution is -0.274. The molecule has 182 valence electrons. The second-order valence-corrected chi connectivity index (χ2v) is 7.61. The molecular formula is C22H13BF7NO4. The minimum absolute atomic E-state index is 0.0840. The topological polar surface area (TPSA) is 78.8 Å². The summed E-state index contributed by atoms with van der Waals surface area (Å²) in [4.78, 5) is 13.4.